The van der Waals surface area contributed by atoms with E-state index in [0.717, 1.165) is 11.4 Å². The summed E-state index contributed by atoms with van der Waals surface area (Å²) in [5.74, 6) is 0.255. The van der Waals surface area contributed by atoms with E-state index in [1.165, 1.54) is 22.8 Å². The fraction of sp³-hybridized carbons (Fsp3) is 0.300. The molecule has 0 saturated carbocycles. The molecule has 0 radical (unpaired) electrons. The van der Waals surface area contributed by atoms with Crippen LogP contribution in [-0.4, -0.2) is 53.6 Å². The number of methoxy groups -OCH3 is 1. The molecule has 7 nitrogen and oxygen atoms in total. The smallest absolute Gasteiger partial charge is 0.326 e. The number of ether oxygens (including phenoxy) is 1. The number of nitrogens with zero attached hydrogens (tertiary/aromatic N) is 3. The van der Waals surface area contributed by atoms with Crippen LogP contribution in [0.2, 0.25) is 0 Å². The number of carbonyl (C=O) groups is 1. The Balaban J connectivity index is 1.42. The Morgan fingerprint density at radius 2 is 1.82 bits per heavy atom. The van der Waals surface area contributed by atoms with Gasteiger partial charge in [-0.05, 0) is 42.5 Å². The zero-order chi connectivity index (χ0) is 19.7. The maximum absolute atomic E-state index is 13.3. The van der Waals surface area contributed by atoms with Gasteiger partial charge in [-0.2, -0.15) is 0 Å². The van der Waals surface area contributed by atoms with E-state index < -0.39 is 11.5 Å². The quantitative estimate of drug-likeness (QED) is 0.745. The number of rotatable bonds is 4. The topological polar surface area (TPSA) is 70.6 Å². The SMILES string of the molecule is COc1ccc(N2CCN(C(=O)Cn3c(=O)[nH]c4cc(F)ccc43)CC2)cc1. The van der Waals surface area contributed by atoms with Crippen LogP contribution < -0.4 is 15.3 Å². The number of hydrogen-bond donors (Lipinski definition) is 1. The van der Waals surface area contributed by atoms with Crippen LogP contribution in [0.1, 0.15) is 0 Å². The summed E-state index contributed by atoms with van der Waals surface area (Å²) in [7, 11) is 1.63. The van der Waals surface area contributed by atoms with Gasteiger partial charge in [0.15, 0.2) is 0 Å². The number of amides is 1. The van der Waals surface area contributed by atoms with Gasteiger partial charge in [-0.15, -0.1) is 0 Å². The third-order valence-electron chi connectivity index (χ3n) is 5.10. The summed E-state index contributed by atoms with van der Waals surface area (Å²) in [6, 6.07) is 11.9. The van der Waals surface area contributed by atoms with Crippen molar-refractivity contribution in [2.45, 2.75) is 6.54 Å². The van der Waals surface area contributed by atoms with Crippen molar-refractivity contribution < 1.29 is 13.9 Å². The third-order valence-corrected chi connectivity index (χ3v) is 5.10. The second kappa shape index (κ2) is 7.38. The number of nitrogens with one attached hydrogen (secondary N) is 1. The molecular formula is C20H21FN4O3. The number of carbonyl (C=O) groups excluding carboxylic acids is 1. The summed E-state index contributed by atoms with van der Waals surface area (Å²) in [6.07, 6.45) is 0. The van der Waals surface area contributed by atoms with Crippen LogP contribution in [-0.2, 0) is 11.3 Å². The van der Waals surface area contributed by atoms with Crippen LogP contribution in [0.3, 0.4) is 0 Å². The second-order valence-corrected chi connectivity index (χ2v) is 6.74. The normalized spacial score (nSPS) is 14.5. The number of halogens is 1. The Hall–Kier alpha value is -3.29. The predicted octanol–water partition coefficient (Wildman–Crippen LogP) is 1.83. The van der Waals surface area contributed by atoms with Crippen molar-refractivity contribution in [2.24, 2.45) is 0 Å². The number of piperazine rings is 1. The maximum Gasteiger partial charge on any atom is 0.326 e. The first-order valence-corrected chi connectivity index (χ1v) is 9.10. The van der Waals surface area contributed by atoms with Crippen molar-refractivity contribution in [1.29, 1.82) is 0 Å². The minimum Gasteiger partial charge on any atom is -0.497 e. The average molecular weight is 384 g/mol. The van der Waals surface area contributed by atoms with Gasteiger partial charge in [-0.25, -0.2) is 9.18 Å². The number of benzene rings is 2. The first-order valence-electron chi connectivity index (χ1n) is 9.10. The molecule has 0 aliphatic carbocycles. The van der Waals surface area contributed by atoms with Crippen LogP contribution in [0.5, 0.6) is 5.75 Å². The molecule has 3 aromatic rings. The van der Waals surface area contributed by atoms with Crippen LogP contribution in [0, 0.1) is 5.82 Å². The zero-order valence-electron chi connectivity index (χ0n) is 15.5. The highest BCUT2D eigenvalue weighted by atomic mass is 19.1. The van der Waals surface area contributed by atoms with Crippen LogP contribution >= 0.6 is 0 Å². The molecule has 0 atom stereocenters. The fourth-order valence-electron chi connectivity index (χ4n) is 3.54. The van der Waals surface area contributed by atoms with E-state index in [0.29, 0.717) is 37.2 Å². The van der Waals surface area contributed by atoms with Gasteiger partial charge in [0.1, 0.15) is 18.1 Å². The zero-order valence-corrected chi connectivity index (χ0v) is 15.5. The number of H-pyrrole nitrogens is 1. The van der Waals surface area contributed by atoms with Gasteiger partial charge in [0.2, 0.25) is 5.91 Å². The minimum atomic E-state index is -0.429. The van der Waals surface area contributed by atoms with Crippen molar-refractivity contribution >= 4 is 22.6 Å². The average Bonchev–Trinajstić information content (AvgIpc) is 3.02. The van der Waals surface area contributed by atoms with E-state index in [9.17, 15) is 14.0 Å². The highest BCUT2D eigenvalue weighted by Gasteiger charge is 2.22. The van der Waals surface area contributed by atoms with E-state index in [4.69, 9.17) is 4.74 Å². The van der Waals surface area contributed by atoms with Crippen molar-refractivity contribution in [3.63, 3.8) is 0 Å². The number of hydrogen-bond acceptors (Lipinski definition) is 4. The molecule has 0 spiro atoms. The largest absolute Gasteiger partial charge is 0.497 e. The summed E-state index contributed by atoms with van der Waals surface area (Å²) in [4.78, 5) is 31.4. The van der Waals surface area contributed by atoms with Gasteiger partial charge >= 0.3 is 5.69 Å². The summed E-state index contributed by atoms with van der Waals surface area (Å²) in [5.41, 5.74) is 1.59. The van der Waals surface area contributed by atoms with E-state index in [2.05, 4.69) is 9.88 Å². The van der Waals surface area contributed by atoms with Gasteiger partial charge < -0.3 is 19.5 Å². The summed E-state index contributed by atoms with van der Waals surface area (Å²) in [6.45, 7) is 2.53. The molecule has 146 valence electrons. The van der Waals surface area contributed by atoms with Gasteiger partial charge in [-0.1, -0.05) is 0 Å². The Bertz CT molecular complexity index is 1050. The molecule has 1 aromatic heterocycles. The van der Waals surface area contributed by atoms with Crippen LogP contribution in [0.4, 0.5) is 10.1 Å². The van der Waals surface area contributed by atoms with E-state index in [1.54, 1.807) is 12.0 Å². The lowest BCUT2D eigenvalue weighted by molar-refractivity contribution is -0.132. The third kappa shape index (κ3) is 3.45. The number of imidazole rings is 1. The van der Waals surface area contributed by atoms with E-state index in [-0.39, 0.29) is 12.5 Å². The summed E-state index contributed by atoms with van der Waals surface area (Å²) in [5, 5.41) is 0. The molecule has 1 saturated heterocycles. The molecule has 1 amide bonds. The Morgan fingerprint density at radius 3 is 2.50 bits per heavy atom. The maximum atomic E-state index is 13.3. The molecule has 0 unspecified atom stereocenters. The summed E-state index contributed by atoms with van der Waals surface area (Å²) >= 11 is 0. The van der Waals surface area contributed by atoms with Crippen LogP contribution in [0.25, 0.3) is 11.0 Å². The van der Waals surface area contributed by atoms with Crippen molar-refractivity contribution in [2.75, 3.05) is 38.2 Å². The second-order valence-electron chi connectivity index (χ2n) is 6.74. The molecule has 1 N–H and O–H groups in total. The van der Waals surface area contributed by atoms with Crippen molar-refractivity contribution in [3.05, 3.63) is 58.8 Å². The highest BCUT2D eigenvalue weighted by molar-refractivity contribution is 5.80. The Labute approximate surface area is 160 Å². The summed E-state index contributed by atoms with van der Waals surface area (Å²) < 4.78 is 19.9. The van der Waals surface area contributed by atoms with E-state index >= 15 is 0 Å². The van der Waals surface area contributed by atoms with Gasteiger partial charge in [0, 0.05) is 31.9 Å². The number of fused-ring (bicyclic) bond motifs is 1. The first kappa shape index (κ1) is 18.1. The van der Waals surface area contributed by atoms with Crippen molar-refractivity contribution in [3.8, 4) is 5.75 Å². The minimum absolute atomic E-state index is 0.0625. The molecule has 1 aliphatic rings. The molecule has 2 heterocycles. The molecule has 8 heteroatoms. The molecule has 4 rings (SSSR count). The highest BCUT2D eigenvalue weighted by Crippen LogP contribution is 2.20. The number of aromatic nitrogens is 2. The molecule has 2 aromatic carbocycles. The first-order chi connectivity index (χ1) is 13.5. The van der Waals surface area contributed by atoms with Gasteiger partial charge in [0.25, 0.3) is 0 Å². The molecule has 28 heavy (non-hydrogen) atoms. The van der Waals surface area contributed by atoms with Gasteiger partial charge in [0.05, 0.1) is 18.1 Å². The lowest BCUT2D eigenvalue weighted by atomic mass is 10.2. The molecule has 0 bridgehead atoms. The Morgan fingerprint density at radius 1 is 1.11 bits per heavy atom. The lowest BCUT2D eigenvalue weighted by Gasteiger charge is -2.36. The lowest BCUT2D eigenvalue weighted by Crippen LogP contribution is -2.50. The van der Waals surface area contributed by atoms with Crippen molar-refractivity contribution in [1.82, 2.24) is 14.5 Å². The predicted molar refractivity (Wildman–Crippen MR) is 104 cm³/mol. The molecular weight excluding hydrogens is 363 g/mol. The monoisotopic (exact) mass is 384 g/mol. The van der Waals surface area contributed by atoms with E-state index in [1.807, 2.05) is 24.3 Å². The standard InChI is InChI=1S/C20H21FN4O3/c1-28-16-5-3-15(4-6-16)23-8-10-24(11-9-23)19(26)13-25-18-7-2-14(21)12-17(18)22-20(25)27/h2-7,12H,8-11,13H2,1H3,(H,22,27). The molecule has 1 fully saturated rings. The van der Waals surface area contributed by atoms with Gasteiger partial charge in [-0.3, -0.25) is 9.36 Å². The fourth-order valence-corrected chi connectivity index (χ4v) is 3.54. The number of aromatic amines is 1. The Kier molecular flexibility index (Phi) is 4.77. The number of anilines is 1. The van der Waals surface area contributed by atoms with Crippen LogP contribution in [0.15, 0.2) is 47.3 Å². The molecule has 1 aliphatic heterocycles.